The summed E-state index contributed by atoms with van der Waals surface area (Å²) in [4.78, 5) is 36.1. The Morgan fingerprint density at radius 1 is 1.07 bits per heavy atom. The minimum atomic E-state index is -2.70. The topological polar surface area (TPSA) is 105 Å². The second-order valence-corrected chi connectivity index (χ2v) is 10.4. The predicted molar refractivity (Wildman–Crippen MR) is 147 cm³/mol. The number of amides is 2. The van der Waals surface area contributed by atoms with Gasteiger partial charge in [0.1, 0.15) is 17.3 Å². The molecule has 9 nitrogen and oxygen atoms in total. The third-order valence-corrected chi connectivity index (χ3v) is 7.17. The van der Waals surface area contributed by atoms with Crippen molar-refractivity contribution in [2.45, 2.75) is 51.6 Å². The van der Waals surface area contributed by atoms with Crippen molar-refractivity contribution < 1.29 is 22.8 Å². The fourth-order valence-corrected chi connectivity index (χ4v) is 5.21. The molecule has 1 aromatic carbocycles. The first-order chi connectivity index (χ1) is 19.6. The molecule has 0 unspecified atom stereocenters. The minimum Gasteiger partial charge on any atom is -0.346 e. The van der Waals surface area contributed by atoms with E-state index in [9.17, 15) is 22.8 Å². The van der Waals surface area contributed by atoms with Gasteiger partial charge in [0, 0.05) is 18.8 Å². The van der Waals surface area contributed by atoms with E-state index < -0.39 is 24.7 Å². The third kappa shape index (κ3) is 6.01. The van der Waals surface area contributed by atoms with E-state index in [1.165, 1.54) is 22.8 Å². The number of carbonyl (C=O) groups is 2. The zero-order valence-corrected chi connectivity index (χ0v) is 22.8. The van der Waals surface area contributed by atoms with E-state index in [2.05, 4.69) is 39.5 Å². The van der Waals surface area contributed by atoms with Crippen molar-refractivity contribution >= 4 is 23.3 Å². The van der Waals surface area contributed by atoms with Crippen LogP contribution in [0.2, 0.25) is 0 Å². The molecule has 214 valence electrons. The van der Waals surface area contributed by atoms with E-state index in [-0.39, 0.29) is 29.6 Å². The first-order valence-corrected chi connectivity index (χ1v) is 13.3. The van der Waals surface area contributed by atoms with Crippen LogP contribution in [0.25, 0.3) is 5.65 Å². The van der Waals surface area contributed by atoms with Crippen LogP contribution in [0.3, 0.4) is 0 Å². The number of halogens is 3. The Labute approximate surface area is 234 Å². The first-order valence-electron chi connectivity index (χ1n) is 13.3. The van der Waals surface area contributed by atoms with Gasteiger partial charge in [-0.1, -0.05) is 26.0 Å². The van der Waals surface area contributed by atoms with Gasteiger partial charge >= 0.3 is 0 Å². The molecule has 5 rings (SSSR count). The molecule has 1 saturated heterocycles. The van der Waals surface area contributed by atoms with E-state index in [4.69, 9.17) is 0 Å². The molecule has 4 heterocycles. The van der Waals surface area contributed by atoms with Crippen LogP contribution in [0.4, 0.5) is 19.0 Å². The van der Waals surface area contributed by atoms with Gasteiger partial charge in [0.2, 0.25) is 0 Å². The third-order valence-electron chi connectivity index (χ3n) is 7.17. The monoisotopic (exact) mass is 565 g/mol. The number of hydrogen-bond acceptors (Lipinski definition) is 6. The highest BCUT2D eigenvalue weighted by molar-refractivity contribution is 5.93. The molecule has 0 saturated carbocycles. The second-order valence-electron chi connectivity index (χ2n) is 10.4. The number of aromatic nitrogens is 4. The lowest BCUT2D eigenvalue weighted by Crippen LogP contribution is -2.37. The number of imidazole rings is 1. The molecule has 1 aliphatic rings. The van der Waals surface area contributed by atoms with Gasteiger partial charge in [-0.3, -0.25) is 14.6 Å². The van der Waals surface area contributed by atoms with Crippen molar-refractivity contribution in [2.24, 2.45) is 0 Å². The quantitative estimate of drug-likeness (QED) is 0.327. The number of nitrogens with zero attached hydrogens (tertiary/aromatic N) is 5. The zero-order valence-electron chi connectivity index (χ0n) is 22.8. The first kappa shape index (κ1) is 28.1. The van der Waals surface area contributed by atoms with Gasteiger partial charge < -0.3 is 15.5 Å². The molecule has 0 radical (unpaired) electrons. The number of pyridine rings is 1. The lowest BCUT2D eigenvalue weighted by molar-refractivity contribution is 0.0884. The average molecular weight is 566 g/mol. The lowest BCUT2D eigenvalue weighted by atomic mass is 10.00. The summed E-state index contributed by atoms with van der Waals surface area (Å²) in [6.45, 7) is 5.63. The molecular weight excluding hydrogens is 535 g/mol. The number of anilines is 1. The van der Waals surface area contributed by atoms with E-state index in [1.54, 1.807) is 36.5 Å². The predicted octanol–water partition coefficient (Wildman–Crippen LogP) is 4.44. The second kappa shape index (κ2) is 11.6. The Morgan fingerprint density at radius 3 is 2.59 bits per heavy atom. The number of alkyl halides is 2. The maximum atomic E-state index is 14.2. The Bertz CT molecular complexity index is 1590. The largest absolute Gasteiger partial charge is 0.346 e. The molecule has 4 aromatic rings. The summed E-state index contributed by atoms with van der Waals surface area (Å²) < 4.78 is 40.8. The Morgan fingerprint density at radius 2 is 1.88 bits per heavy atom. The molecule has 1 fully saturated rings. The summed E-state index contributed by atoms with van der Waals surface area (Å²) in [5, 5.41) is 9.81. The highest BCUT2D eigenvalue weighted by Gasteiger charge is 2.36. The van der Waals surface area contributed by atoms with Gasteiger partial charge in [0.05, 0.1) is 18.8 Å². The van der Waals surface area contributed by atoms with Gasteiger partial charge in [-0.2, -0.15) is 0 Å². The van der Waals surface area contributed by atoms with Crippen LogP contribution in [0.15, 0.2) is 54.9 Å². The number of fused-ring (bicyclic) bond motifs is 1. The number of rotatable bonds is 8. The van der Waals surface area contributed by atoms with Crippen molar-refractivity contribution in [1.29, 1.82) is 0 Å². The molecule has 2 atom stereocenters. The summed E-state index contributed by atoms with van der Waals surface area (Å²) in [5.41, 5.74) is 3.42. The summed E-state index contributed by atoms with van der Waals surface area (Å²) in [6.07, 6.45) is 0.760. The van der Waals surface area contributed by atoms with Crippen LogP contribution in [-0.4, -0.2) is 57.0 Å². The lowest BCUT2D eigenvalue weighted by Gasteiger charge is -2.26. The Hall–Kier alpha value is -4.48. The van der Waals surface area contributed by atoms with Gasteiger partial charge in [0.25, 0.3) is 18.2 Å². The molecule has 12 heteroatoms. The van der Waals surface area contributed by atoms with Gasteiger partial charge in [-0.05, 0) is 66.3 Å². The van der Waals surface area contributed by atoms with E-state index in [0.717, 1.165) is 11.1 Å². The average Bonchev–Trinajstić information content (AvgIpc) is 3.55. The number of aryl methyl sites for hydroxylation is 1. The van der Waals surface area contributed by atoms with Gasteiger partial charge in [0.15, 0.2) is 11.3 Å². The van der Waals surface area contributed by atoms with E-state index >= 15 is 0 Å². The van der Waals surface area contributed by atoms with Crippen LogP contribution in [0.5, 0.6) is 0 Å². The maximum Gasteiger partial charge on any atom is 0.271 e. The highest BCUT2D eigenvalue weighted by Crippen LogP contribution is 2.36. The fraction of sp³-hybridized carbons (Fsp3) is 0.345. The smallest absolute Gasteiger partial charge is 0.271 e. The number of nitrogens with one attached hydrogen (secondary N) is 2. The van der Waals surface area contributed by atoms with Crippen molar-refractivity contribution in [3.05, 3.63) is 88.8 Å². The van der Waals surface area contributed by atoms with Crippen molar-refractivity contribution in [3.8, 4) is 0 Å². The molecule has 41 heavy (non-hydrogen) atoms. The normalized spacial score (nSPS) is 17.0. The van der Waals surface area contributed by atoms with Crippen molar-refractivity contribution in [2.75, 3.05) is 18.0 Å². The molecule has 0 bridgehead atoms. The molecule has 0 aliphatic carbocycles. The Balaban J connectivity index is 1.43. The number of carbonyl (C=O) groups excluding carboxylic acids is 2. The summed E-state index contributed by atoms with van der Waals surface area (Å²) >= 11 is 0. The number of hydrogen-bond donors (Lipinski definition) is 2. The van der Waals surface area contributed by atoms with Crippen molar-refractivity contribution in [3.63, 3.8) is 0 Å². The van der Waals surface area contributed by atoms with Crippen LogP contribution in [0.1, 0.15) is 69.9 Å². The van der Waals surface area contributed by atoms with Crippen LogP contribution in [0, 0.1) is 12.7 Å². The molecule has 2 amide bonds. The molecule has 0 spiro atoms. The van der Waals surface area contributed by atoms with Crippen LogP contribution >= 0.6 is 0 Å². The molecular formula is C29H30F3N7O2. The minimum absolute atomic E-state index is 0.000133. The maximum absolute atomic E-state index is 14.2. The SMILES string of the molecule is Cc1cc(C(=O)N[C@H]2C[C@H](c3cccc(F)c3)N(c3ccc4ncc(C(=O)NCC(F)F)n4n3)C2)ncc1C(C)C. The summed E-state index contributed by atoms with van der Waals surface area (Å²) in [7, 11) is 0. The zero-order chi connectivity index (χ0) is 29.3. The molecule has 3 aromatic heterocycles. The van der Waals surface area contributed by atoms with Crippen LogP contribution in [-0.2, 0) is 0 Å². The van der Waals surface area contributed by atoms with Gasteiger partial charge in [-0.25, -0.2) is 22.7 Å². The van der Waals surface area contributed by atoms with Crippen molar-refractivity contribution in [1.82, 2.24) is 30.2 Å². The number of benzene rings is 1. The summed E-state index contributed by atoms with van der Waals surface area (Å²) in [5.74, 6) is -0.715. The van der Waals surface area contributed by atoms with E-state index in [0.29, 0.717) is 35.7 Å². The molecule has 1 aliphatic heterocycles. The van der Waals surface area contributed by atoms with E-state index in [1.807, 2.05) is 11.8 Å². The van der Waals surface area contributed by atoms with Crippen LogP contribution < -0.4 is 15.5 Å². The highest BCUT2D eigenvalue weighted by atomic mass is 19.3. The van der Waals surface area contributed by atoms with Gasteiger partial charge in [-0.15, -0.1) is 5.10 Å². The molecule has 2 N–H and O–H groups in total. The standard InChI is InChI=1S/C29H30F3N7O2/c1-16(2)21-12-33-22(9-17(21)3)28(40)36-20-11-23(18-5-4-6-19(30)10-18)38(15-20)27-8-7-26-34-13-24(39(26)37-27)29(41)35-14-25(31)32/h4-10,12-13,16,20,23,25H,11,14-15H2,1-3H3,(H,35,41)(H,36,40)/t20-,23+/m0/s1. The summed E-state index contributed by atoms with van der Waals surface area (Å²) in [6, 6.07) is 10.7. The fourth-order valence-electron chi connectivity index (χ4n) is 5.21. The Kier molecular flexibility index (Phi) is 7.91.